The minimum Gasteiger partial charge on any atom is -0.321 e. The minimum absolute atomic E-state index is 0.0730. The van der Waals surface area contributed by atoms with Crippen molar-refractivity contribution < 1.29 is 4.79 Å². The third-order valence-electron chi connectivity index (χ3n) is 3.12. The van der Waals surface area contributed by atoms with Gasteiger partial charge in [0.1, 0.15) is 4.88 Å². The van der Waals surface area contributed by atoms with Crippen LogP contribution in [0.4, 0.5) is 5.69 Å². The highest BCUT2D eigenvalue weighted by Crippen LogP contribution is 2.28. The van der Waals surface area contributed by atoms with Gasteiger partial charge >= 0.3 is 0 Å². The maximum absolute atomic E-state index is 12.3. The number of carbonyl (C=O) groups is 1. The van der Waals surface area contributed by atoms with Crippen LogP contribution in [0.25, 0.3) is 0 Å². The van der Waals surface area contributed by atoms with Crippen molar-refractivity contribution in [3.8, 4) is 0 Å². The van der Waals surface area contributed by atoms with Crippen molar-refractivity contribution in [1.29, 1.82) is 0 Å². The standard InChI is InChI=1S/C15H18N2OS/c1-9(2)12-7-5-6-10(3)13(12)17-15(18)14-11(4)16-8-19-14/h5-9H,1-4H3,(H,17,18). The van der Waals surface area contributed by atoms with E-state index < -0.39 is 0 Å². The third kappa shape index (κ3) is 2.84. The van der Waals surface area contributed by atoms with Crippen LogP contribution < -0.4 is 5.32 Å². The topological polar surface area (TPSA) is 42.0 Å². The fourth-order valence-electron chi connectivity index (χ4n) is 2.03. The van der Waals surface area contributed by atoms with Gasteiger partial charge in [-0.15, -0.1) is 11.3 Å². The average Bonchev–Trinajstić information content (AvgIpc) is 2.77. The SMILES string of the molecule is Cc1cccc(C(C)C)c1NC(=O)c1scnc1C. The van der Waals surface area contributed by atoms with Crippen molar-refractivity contribution in [1.82, 2.24) is 4.98 Å². The van der Waals surface area contributed by atoms with Crippen molar-refractivity contribution in [2.24, 2.45) is 0 Å². The number of anilines is 1. The van der Waals surface area contributed by atoms with Gasteiger partial charge in [0, 0.05) is 5.69 Å². The van der Waals surface area contributed by atoms with E-state index in [0.29, 0.717) is 10.8 Å². The van der Waals surface area contributed by atoms with Crippen LogP contribution in [0.2, 0.25) is 0 Å². The molecule has 0 spiro atoms. The lowest BCUT2D eigenvalue weighted by Crippen LogP contribution is -2.14. The van der Waals surface area contributed by atoms with Crippen molar-refractivity contribution in [3.05, 3.63) is 45.4 Å². The Bertz CT molecular complexity index is 602. The number of hydrogen-bond donors (Lipinski definition) is 1. The quantitative estimate of drug-likeness (QED) is 0.914. The van der Waals surface area contributed by atoms with E-state index in [1.807, 2.05) is 26.0 Å². The molecule has 0 atom stereocenters. The van der Waals surface area contributed by atoms with Crippen LogP contribution >= 0.6 is 11.3 Å². The summed E-state index contributed by atoms with van der Waals surface area (Å²) in [6.45, 7) is 8.12. The molecule has 1 heterocycles. The number of aryl methyl sites for hydroxylation is 2. The monoisotopic (exact) mass is 274 g/mol. The zero-order valence-electron chi connectivity index (χ0n) is 11.7. The molecule has 0 aliphatic carbocycles. The number of nitrogens with one attached hydrogen (secondary N) is 1. The summed E-state index contributed by atoms with van der Waals surface area (Å²) in [5.74, 6) is 0.300. The van der Waals surface area contributed by atoms with Crippen molar-refractivity contribution in [2.75, 3.05) is 5.32 Å². The Morgan fingerprint density at radius 2 is 2.05 bits per heavy atom. The van der Waals surface area contributed by atoms with E-state index in [1.165, 1.54) is 11.3 Å². The first kappa shape index (κ1) is 13.7. The molecule has 0 unspecified atom stereocenters. The molecule has 1 amide bonds. The Balaban J connectivity index is 2.34. The van der Waals surface area contributed by atoms with Gasteiger partial charge in [0.15, 0.2) is 0 Å². The molecule has 0 radical (unpaired) electrons. The number of rotatable bonds is 3. The summed E-state index contributed by atoms with van der Waals surface area (Å²) in [5, 5.41) is 3.03. The molecular formula is C15H18N2OS. The van der Waals surface area contributed by atoms with E-state index in [9.17, 15) is 4.79 Å². The smallest absolute Gasteiger partial charge is 0.267 e. The summed E-state index contributed by atoms with van der Waals surface area (Å²) in [5.41, 5.74) is 5.65. The molecular weight excluding hydrogens is 256 g/mol. The van der Waals surface area contributed by atoms with E-state index in [2.05, 4.69) is 30.2 Å². The molecule has 3 nitrogen and oxygen atoms in total. The minimum atomic E-state index is -0.0730. The third-order valence-corrected chi connectivity index (χ3v) is 4.04. The van der Waals surface area contributed by atoms with E-state index in [4.69, 9.17) is 0 Å². The van der Waals surface area contributed by atoms with Crippen molar-refractivity contribution >= 4 is 22.9 Å². The highest BCUT2D eigenvalue weighted by molar-refractivity contribution is 7.12. The molecule has 0 fully saturated rings. The van der Waals surface area contributed by atoms with Gasteiger partial charge < -0.3 is 5.32 Å². The first-order valence-electron chi connectivity index (χ1n) is 6.31. The number of hydrogen-bond acceptors (Lipinski definition) is 3. The normalized spacial score (nSPS) is 10.8. The van der Waals surface area contributed by atoms with Crippen LogP contribution in [-0.2, 0) is 0 Å². The molecule has 2 aromatic rings. The molecule has 0 saturated carbocycles. The molecule has 4 heteroatoms. The fraction of sp³-hybridized carbons (Fsp3) is 0.333. The predicted molar refractivity (Wildman–Crippen MR) is 80.1 cm³/mol. The molecule has 100 valence electrons. The van der Waals surface area contributed by atoms with Gasteiger partial charge in [0.2, 0.25) is 0 Å². The summed E-state index contributed by atoms with van der Waals surface area (Å²) >= 11 is 1.37. The van der Waals surface area contributed by atoms with Gasteiger partial charge in [0.05, 0.1) is 11.2 Å². The van der Waals surface area contributed by atoms with Crippen LogP contribution in [0, 0.1) is 13.8 Å². The lowest BCUT2D eigenvalue weighted by Gasteiger charge is -2.16. The van der Waals surface area contributed by atoms with Crippen LogP contribution in [0.3, 0.4) is 0 Å². The van der Waals surface area contributed by atoms with E-state index >= 15 is 0 Å². The van der Waals surface area contributed by atoms with Gasteiger partial charge in [-0.25, -0.2) is 4.98 Å². The molecule has 0 bridgehead atoms. The highest BCUT2D eigenvalue weighted by Gasteiger charge is 2.16. The van der Waals surface area contributed by atoms with E-state index in [1.54, 1.807) is 5.51 Å². The summed E-state index contributed by atoms with van der Waals surface area (Å²) < 4.78 is 0. The number of aromatic nitrogens is 1. The van der Waals surface area contributed by atoms with Gasteiger partial charge in [-0.1, -0.05) is 32.0 Å². The number of thiazole rings is 1. The second-order valence-electron chi connectivity index (χ2n) is 4.91. The first-order chi connectivity index (χ1) is 9.00. The predicted octanol–water partition coefficient (Wildman–Crippen LogP) is 4.14. The largest absolute Gasteiger partial charge is 0.321 e. The molecule has 0 aliphatic rings. The molecule has 0 aliphatic heterocycles. The Morgan fingerprint density at radius 1 is 1.32 bits per heavy atom. The molecule has 1 aromatic heterocycles. The van der Waals surface area contributed by atoms with E-state index in [0.717, 1.165) is 22.5 Å². The number of amides is 1. The van der Waals surface area contributed by atoms with E-state index in [-0.39, 0.29) is 5.91 Å². The molecule has 1 N–H and O–H groups in total. The number of carbonyl (C=O) groups excluding carboxylic acids is 1. The van der Waals surface area contributed by atoms with Crippen LogP contribution in [0.5, 0.6) is 0 Å². The number of benzene rings is 1. The first-order valence-corrected chi connectivity index (χ1v) is 7.19. The van der Waals surface area contributed by atoms with Gasteiger partial charge in [-0.2, -0.15) is 0 Å². The second-order valence-corrected chi connectivity index (χ2v) is 5.77. The number of para-hydroxylation sites is 1. The zero-order valence-corrected chi connectivity index (χ0v) is 12.5. The maximum atomic E-state index is 12.3. The summed E-state index contributed by atoms with van der Waals surface area (Å²) in [6, 6.07) is 6.10. The molecule has 0 saturated heterocycles. The Morgan fingerprint density at radius 3 is 2.63 bits per heavy atom. The lowest BCUT2D eigenvalue weighted by atomic mass is 9.98. The van der Waals surface area contributed by atoms with Crippen molar-refractivity contribution in [3.63, 3.8) is 0 Å². The molecule has 1 aromatic carbocycles. The summed E-state index contributed by atoms with van der Waals surface area (Å²) in [4.78, 5) is 17.1. The Hall–Kier alpha value is -1.68. The van der Waals surface area contributed by atoms with Gasteiger partial charge in [0.25, 0.3) is 5.91 Å². The van der Waals surface area contributed by atoms with Crippen LogP contribution in [0.15, 0.2) is 23.7 Å². The second kappa shape index (κ2) is 5.53. The Kier molecular flexibility index (Phi) is 4.00. The maximum Gasteiger partial charge on any atom is 0.267 e. The summed E-state index contributed by atoms with van der Waals surface area (Å²) in [6.07, 6.45) is 0. The highest BCUT2D eigenvalue weighted by atomic mass is 32.1. The van der Waals surface area contributed by atoms with Crippen LogP contribution in [0.1, 0.15) is 46.3 Å². The van der Waals surface area contributed by atoms with Crippen molar-refractivity contribution in [2.45, 2.75) is 33.6 Å². The summed E-state index contributed by atoms with van der Waals surface area (Å²) in [7, 11) is 0. The van der Waals surface area contributed by atoms with Gasteiger partial charge in [-0.3, -0.25) is 4.79 Å². The van der Waals surface area contributed by atoms with Gasteiger partial charge in [-0.05, 0) is 30.9 Å². The average molecular weight is 274 g/mol. The fourth-order valence-corrected chi connectivity index (χ4v) is 2.73. The Labute approximate surface area is 117 Å². The lowest BCUT2D eigenvalue weighted by molar-refractivity contribution is 0.102. The zero-order chi connectivity index (χ0) is 14.0. The van der Waals surface area contributed by atoms with Crippen LogP contribution in [-0.4, -0.2) is 10.9 Å². The molecule has 2 rings (SSSR count). The molecule has 19 heavy (non-hydrogen) atoms. The number of nitrogens with zero attached hydrogens (tertiary/aromatic N) is 1.